The molecule has 1 saturated heterocycles. The average Bonchev–Trinajstić information content (AvgIpc) is 3.13. The maximum absolute atomic E-state index is 12.7. The Kier molecular flexibility index (Phi) is 4.37. The van der Waals surface area contributed by atoms with Crippen LogP contribution in [0.2, 0.25) is 0 Å². The molecule has 6 nitrogen and oxygen atoms in total. The molecule has 28 heavy (non-hydrogen) atoms. The van der Waals surface area contributed by atoms with Crippen LogP contribution < -0.4 is 5.32 Å². The smallest absolute Gasteiger partial charge is 0.316 e. The molecule has 5 rings (SSSR count). The van der Waals surface area contributed by atoms with Crippen molar-refractivity contribution in [2.45, 2.75) is 63.8 Å². The summed E-state index contributed by atoms with van der Waals surface area (Å²) in [5, 5.41) is 11.4. The van der Waals surface area contributed by atoms with Gasteiger partial charge in [0, 0.05) is 19.5 Å². The lowest BCUT2D eigenvalue weighted by atomic mass is 9.93. The minimum Gasteiger partial charge on any atom is -0.408 e. The van der Waals surface area contributed by atoms with Gasteiger partial charge < -0.3 is 14.6 Å². The van der Waals surface area contributed by atoms with Crippen LogP contribution >= 0.6 is 0 Å². The quantitative estimate of drug-likeness (QED) is 0.859. The van der Waals surface area contributed by atoms with E-state index in [1.54, 1.807) is 0 Å². The number of aromatic nitrogens is 2. The first kappa shape index (κ1) is 17.7. The lowest BCUT2D eigenvalue weighted by Gasteiger charge is -2.33. The maximum atomic E-state index is 12.7. The van der Waals surface area contributed by atoms with E-state index >= 15 is 0 Å². The molecule has 2 aromatic rings. The Morgan fingerprint density at radius 1 is 1.25 bits per heavy atom. The van der Waals surface area contributed by atoms with Crippen LogP contribution in [0, 0.1) is 5.41 Å². The number of amides is 1. The fourth-order valence-corrected chi connectivity index (χ4v) is 4.86. The summed E-state index contributed by atoms with van der Waals surface area (Å²) in [5.74, 6) is 1.20. The van der Waals surface area contributed by atoms with Gasteiger partial charge in [0.05, 0.1) is 0 Å². The molecule has 1 spiro atoms. The van der Waals surface area contributed by atoms with Crippen LogP contribution in [0.1, 0.15) is 62.0 Å². The zero-order valence-corrected chi connectivity index (χ0v) is 16.5. The van der Waals surface area contributed by atoms with Crippen molar-refractivity contribution in [3.05, 3.63) is 41.3 Å². The van der Waals surface area contributed by atoms with E-state index in [1.807, 2.05) is 11.8 Å². The van der Waals surface area contributed by atoms with Gasteiger partial charge in [0.1, 0.15) is 6.04 Å². The van der Waals surface area contributed by atoms with E-state index < -0.39 is 0 Å². The molecule has 148 valence electrons. The van der Waals surface area contributed by atoms with Crippen molar-refractivity contribution in [1.82, 2.24) is 15.1 Å². The fraction of sp³-hybridized carbons (Fsp3) is 0.591. The van der Waals surface area contributed by atoms with Crippen LogP contribution in [-0.2, 0) is 17.6 Å². The van der Waals surface area contributed by atoms with Gasteiger partial charge in [-0.05, 0) is 67.9 Å². The number of rotatable bonds is 5. The highest BCUT2D eigenvalue weighted by molar-refractivity contribution is 5.83. The molecular formula is C22H28N4O2. The Labute approximate surface area is 165 Å². The van der Waals surface area contributed by atoms with Gasteiger partial charge in [0.2, 0.25) is 11.8 Å². The van der Waals surface area contributed by atoms with E-state index in [0.29, 0.717) is 23.2 Å². The van der Waals surface area contributed by atoms with Crippen LogP contribution in [0.25, 0.3) is 0 Å². The van der Waals surface area contributed by atoms with Gasteiger partial charge in [-0.1, -0.05) is 29.4 Å². The molecule has 1 amide bonds. The van der Waals surface area contributed by atoms with Crippen molar-refractivity contribution in [3.63, 3.8) is 0 Å². The first-order valence-electron chi connectivity index (χ1n) is 10.6. The Balaban J connectivity index is 1.17. The second kappa shape index (κ2) is 6.90. The summed E-state index contributed by atoms with van der Waals surface area (Å²) in [6.07, 6.45) is 7.98. The Morgan fingerprint density at radius 3 is 2.82 bits per heavy atom. The summed E-state index contributed by atoms with van der Waals surface area (Å²) < 4.78 is 5.81. The number of anilines is 1. The van der Waals surface area contributed by atoms with Crippen LogP contribution in [0.15, 0.2) is 28.7 Å². The fourth-order valence-electron chi connectivity index (χ4n) is 4.86. The standard InChI is InChI=1S/C22H28N4O2/c1-15(20(27)26-12-10-22(8-9-22)11-13-26)23-21-25-24-19(28-21)14-17-7-6-16-4-2-3-5-18(16)17/h2-5,15,17H,6-14H2,1H3,(H,23,25)/t15-,17+/m0/s1. The number of benzene rings is 1. The molecule has 2 heterocycles. The summed E-state index contributed by atoms with van der Waals surface area (Å²) >= 11 is 0. The van der Waals surface area contributed by atoms with Crippen LogP contribution in [-0.4, -0.2) is 40.1 Å². The lowest BCUT2D eigenvalue weighted by Crippen LogP contribution is -2.45. The molecule has 2 fully saturated rings. The molecule has 2 atom stereocenters. The highest BCUT2D eigenvalue weighted by Crippen LogP contribution is 2.53. The summed E-state index contributed by atoms with van der Waals surface area (Å²) in [7, 11) is 0. The molecule has 3 aliphatic rings. The van der Waals surface area contributed by atoms with Gasteiger partial charge in [0.15, 0.2) is 0 Å². The normalized spacial score (nSPS) is 23.5. The molecule has 1 saturated carbocycles. The first-order chi connectivity index (χ1) is 13.6. The molecule has 1 aromatic heterocycles. The lowest BCUT2D eigenvalue weighted by molar-refractivity contribution is -0.133. The number of nitrogens with one attached hydrogen (secondary N) is 1. The zero-order valence-electron chi connectivity index (χ0n) is 16.5. The maximum Gasteiger partial charge on any atom is 0.316 e. The van der Waals surface area contributed by atoms with E-state index in [1.165, 1.54) is 24.0 Å². The van der Waals surface area contributed by atoms with Crippen molar-refractivity contribution >= 4 is 11.9 Å². The largest absolute Gasteiger partial charge is 0.408 e. The Hall–Kier alpha value is -2.37. The SMILES string of the molecule is C[C@H](Nc1nnc(C[C@H]2CCc3ccccc32)o1)C(=O)N1CCC2(CC1)CC2. The van der Waals surface area contributed by atoms with Crippen molar-refractivity contribution in [2.24, 2.45) is 5.41 Å². The molecule has 0 radical (unpaired) electrons. The molecule has 2 aliphatic carbocycles. The van der Waals surface area contributed by atoms with Gasteiger partial charge in [-0.15, -0.1) is 5.10 Å². The number of aryl methyl sites for hydroxylation is 1. The minimum absolute atomic E-state index is 0.125. The molecule has 1 aliphatic heterocycles. The summed E-state index contributed by atoms with van der Waals surface area (Å²) in [6.45, 7) is 3.63. The number of likely N-dealkylation sites (tertiary alicyclic amines) is 1. The number of carbonyl (C=O) groups is 1. The Morgan fingerprint density at radius 2 is 2.04 bits per heavy atom. The topological polar surface area (TPSA) is 71.3 Å². The summed E-state index contributed by atoms with van der Waals surface area (Å²) in [4.78, 5) is 14.7. The third kappa shape index (κ3) is 3.40. The first-order valence-corrected chi connectivity index (χ1v) is 10.6. The molecule has 0 bridgehead atoms. The minimum atomic E-state index is -0.353. The second-order valence-corrected chi connectivity index (χ2v) is 8.83. The van der Waals surface area contributed by atoms with Crippen LogP contribution in [0.4, 0.5) is 6.01 Å². The number of fused-ring (bicyclic) bond motifs is 1. The van der Waals surface area contributed by atoms with Gasteiger partial charge in [-0.25, -0.2) is 0 Å². The highest BCUT2D eigenvalue weighted by Gasteiger charge is 2.45. The molecular weight excluding hydrogens is 352 g/mol. The predicted molar refractivity (Wildman–Crippen MR) is 106 cm³/mol. The van der Waals surface area contributed by atoms with Gasteiger partial charge in [-0.2, -0.15) is 0 Å². The van der Waals surface area contributed by atoms with Gasteiger partial charge in [-0.3, -0.25) is 4.79 Å². The monoisotopic (exact) mass is 380 g/mol. The van der Waals surface area contributed by atoms with E-state index in [9.17, 15) is 4.79 Å². The third-order valence-electron chi connectivity index (χ3n) is 6.95. The average molecular weight is 380 g/mol. The van der Waals surface area contributed by atoms with Crippen LogP contribution in [0.5, 0.6) is 0 Å². The zero-order chi connectivity index (χ0) is 19.1. The van der Waals surface area contributed by atoms with Crippen molar-refractivity contribution < 1.29 is 9.21 Å². The number of hydrogen-bond acceptors (Lipinski definition) is 5. The molecule has 0 unspecified atom stereocenters. The van der Waals surface area contributed by atoms with Crippen molar-refractivity contribution in [3.8, 4) is 0 Å². The number of hydrogen-bond donors (Lipinski definition) is 1. The predicted octanol–water partition coefficient (Wildman–Crippen LogP) is 3.55. The van der Waals surface area contributed by atoms with Gasteiger partial charge in [0.25, 0.3) is 0 Å². The van der Waals surface area contributed by atoms with E-state index in [2.05, 4.69) is 39.8 Å². The number of carbonyl (C=O) groups excluding carboxylic acids is 1. The molecule has 1 aromatic carbocycles. The van der Waals surface area contributed by atoms with Crippen molar-refractivity contribution in [2.75, 3.05) is 18.4 Å². The number of piperidine rings is 1. The van der Waals surface area contributed by atoms with E-state index in [-0.39, 0.29) is 11.9 Å². The second-order valence-electron chi connectivity index (χ2n) is 8.83. The van der Waals surface area contributed by atoms with Crippen molar-refractivity contribution in [1.29, 1.82) is 0 Å². The van der Waals surface area contributed by atoms with E-state index in [4.69, 9.17) is 4.42 Å². The Bertz CT molecular complexity index is 863. The molecule has 6 heteroatoms. The summed E-state index contributed by atoms with van der Waals surface area (Å²) in [6, 6.07) is 8.59. The summed E-state index contributed by atoms with van der Waals surface area (Å²) in [5.41, 5.74) is 3.41. The van der Waals surface area contributed by atoms with Gasteiger partial charge >= 0.3 is 6.01 Å². The highest BCUT2D eigenvalue weighted by atomic mass is 16.4. The molecule has 1 N–H and O–H groups in total. The number of nitrogens with zero attached hydrogens (tertiary/aromatic N) is 3. The van der Waals surface area contributed by atoms with Crippen LogP contribution in [0.3, 0.4) is 0 Å². The third-order valence-corrected chi connectivity index (χ3v) is 6.95. The van der Waals surface area contributed by atoms with E-state index in [0.717, 1.165) is 45.2 Å².